The van der Waals surface area contributed by atoms with Crippen molar-refractivity contribution in [2.75, 3.05) is 19.8 Å². The third-order valence-corrected chi connectivity index (χ3v) is 22.9. The van der Waals surface area contributed by atoms with Gasteiger partial charge in [0.15, 0.2) is 25.0 Å². The molecule has 10 aromatic carbocycles. The SMILES string of the molecule is C=CCO[C@@H]1O[C@@H](C)[C@H](OCc2ccccc2)[C@@H](OCc2ccccc2)[C@H]1O[C@H]1O[C@H](COCc2ccccc2)[C@@H](O[C@@H]2O[C@H](COCc3ccccc3)[C@@H](OC(C)=O)[C@H](OCc3ccccc3)[C@@H]2N=P(c2ccccc2)(c2ccccc2)c2ccccc2)[C@H](OCc2ccccc2)[C@H]1OCc1ccccc1. The molecule has 16 nitrogen and oxygen atoms in total. The summed E-state index contributed by atoms with van der Waals surface area (Å²) in [5.74, 6) is -0.555. The highest BCUT2D eigenvalue weighted by Crippen LogP contribution is 2.50. The molecule has 107 heavy (non-hydrogen) atoms. The van der Waals surface area contributed by atoms with Gasteiger partial charge in [0.1, 0.15) is 61.0 Å². The van der Waals surface area contributed by atoms with Crippen LogP contribution >= 0.6 is 7.05 Å². The van der Waals surface area contributed by atoms with Crippen molar-refractivity contribution in [1.82, 2.24) is 0 Å². The van der Waals surface area contributed by atoms with Crippen LogP contribution in [0.1, 0.15) is 52.8 Å². The molecule has 0 unspecified atom stereocenters. The summed E-state index contributed by atoms with van der Waals surface area (Å²) in [7, 11) is -3.26. The summed E-state index contributed by atoms with van der Waals surface area (Å²) in [6, 6.07) is 99.4. The van der Waals surface area contributed by atoms with Gasteiger partial charge in [0, 0.05) is 22.8 Å². The summed E-state index contributed by atoms with van der Waals surface area (Å²) in [6.45, 7) is 8.42. The maximum atomic E-state index is 14.1. The molecule has 3 heterocycles. The minimum absolute atomic E-state index is 0.0703. The van der Waals surface area contributed by atoms with Gasteiger partial charge >= 0.3 is 5.97 Å². The predicted octanol–water partition coefficient (Wildman–Crippen LogP) is 15.0. The standard InChI is InChI=1S/C90H94NO15P/c1-4-55-95-89-87(84(98-60-71-43-23-9-24-44-71)80(65(2)101-89)96-58-69-39-19-7-20-40-69)106-90-86(100-62-73-47-27-11-28-48-73)85(99-61-72-45-25-10-26-46-72)82(78(104-90)64-94-57-68-37-17-6-18-38-68)105-88-79(91-107(74-49-29-12-30-50-74,75-51-31-13-32-52-75)76-53-33-14-34-54-76)83(97-59-70-41-21-8-22-42-70)81(102-66(3)92)77(103-88)63-93-56-67-35-15-5-16-36-67/h4-54,65,77-90H,1,55-64H2,2-3H3/t65-,77+,78+,79-,80-,81+,82+,83+,84+,85-,86+,87+,88-,89+,90+/m0/s1. The molecule has 0 aromatic heterocycles. The van der Waals surface area contributed by atoms with Crippen molar-refractivity contribution in [1.29, 1.82) is 0 Å². The van der Waals surface area contributed by atoms with E-state index in [2.05, 4.69) is 43.0 Å². The zero-order valence-corrected chi connectivity index (χ0v) is 61.3. The Morgan fingerprint density at radius 1 is 0.355 bits per heavy atom. The summed E-state index contributed by atoms with van der Waals surface area (Å²) in [4.78, 5) is 14.1. The van der Waals surface area contributed by atoms with Crippen molar-refractivity contribution < 1.29 is 71.1 Å². The van der Waals surface area contributed by atoms with Crippen molar-refractivity contribution in [2.45, 2.75) is 152 Å². The Kier molecular flexibility index (Phi) is 28.0. The smallest absolute Gasteiger partial charge is 0.303 e. The fraction of sp³-hybridized carbons (Fsp3) is 0.300. The number of hydrogen-bond donors (Lipinski definition) is 0. The zero-order chi connectivity index (χ0) is 73.3. The number of hydrogen-bond acceptors (Lipinski definition) is 16. The van der Waals surface area contributed by atoms with Crippen LogP contribution in [-0.2, 0) is 117 Å². The second-order valence-electron chi connectivity index (χ2n) is 26.7. The van der Waals surface area contributed by atoms with Gasteiger partial charge in [0.05, 0.1) is 79.2 Å². The Morgan fingerprint density at radius 2 is 0.673 bits per heavy atom. The average Bonchev–Trinajstić information content (AvgIpc) is 0.739. The molecule has 17 heteroatoms. The quantitative estimate of drug-likeness (QED) is 0.0210. The van der Waals surface area contributed by atoms with Crippen LogP contribution < -0.4 is 15.9 Å². The van der Waals surface area contributed by atoms with Crippen molar-refractivity contribution >= 4 is 28.9 Å². The summed E-state index contributed by atoms with van der Waals surface area (Å²) in [5.41, 5.74) is 6.36. The molecule has 10 aromatic rings. The van der Waals surface area contributed by atoms with Crippen LogP contribution in [0.4, 0.5) is 0 Å². The number of carbonyl (C=O) groups excluding carboxylic acids is 1. The highest BCUT2D eigenvalue weighted by atomic mass is 31.2. The number of rotatable bonds is 35. The van der Waals surface area contributed by atoms with Crippen LogP contribution in [0, 0.1) is 0 Å². The molecule has 0 N–H and O–H groups in total. The van der Waals surface area contributed by atoms with E-state index in [9.17, 15) is 4.79 Å². The first-order valence-corrected chi connectivity index (χ1v) is 38.5. The molecule has 3 fully saturated rings. The Bertz CT molecular complexity index is 4180. The van der Waals surface area contributed by atoms with Crippen LogP contribution in [-0.4, -0.2) is 118 Å². The van der Waals surface area contributed by atoms with E-state index >= 15 is 0 Å². The fourth-order valence-corrected chi connectivity index (χ4v) is 17.7. The lowest BCUT2D eigenvalue weighted by atomic mass is 9.94. The molecule has 13 rings (SSSR count). The van der Waals surface area contributed by atoms with E-state index in [1.807, 2.05) is 274 Å². The van der Waals surface area contributed by atoms with Gasteiger partial charge in [-0.1, -0.05) is 309 Å². The van der Waals surface area contributed by atoms with Gasteiger partial charge < -0.3 is 66.3 Å². The van der Waals surface area contributed by atoms with E-state index in [1.165, 1.54) is 6.92 Å². The monoisotopic (exact) mass is 1460 g/mol. The molecule has 0 amide bonds. The van der Waals surface area contributed by atoms with Gasteiger partial charge in [0.2, 0.25) is 0 Å². The molecule has 3 aliphatic heterocycles. The first-order chi connectivity index (χ1) is 52.8. The van der Waals surface area contributed by atoms with E-state index in [1.54, 1.807) is 6.08 Å². The maximum Gasteiger partial charge on any atom is 0.303 e. The molecular weight excluding hydrogens is 1370 g/mol. The molecule has 0 bridgehead atoms. The minimum Gasteiger partial charge on any atom is -0.457 e. The third kappa shape index (κ3) is 20.5. The Balaban J connectivity index is 1.00. The Morgan fingerprint density at radius 3 is 1.06 bits per heavy atom. The van der Waals surface area contributed by atoms with Crippen molar-refractivity contribution in [3.8, 4) is 0 Å². The summed E-state index contributed by atoms with van der Waals surface area (Å²) in [5, 5.41) is 2.83. The average molecular weight is 1460 g/mol. The number of nitrogens with zero attached hydrogens (tertiary/aromatic N) is 1. The highest BCUT2D eigenvalue weighted by molar-refractivity contribution is 7.87. The maximum absolute atomic E-state index is 14.1. The van der Waals surface area contributed by atoms with Crippen molar-refractivity contribution in [2.24, 2.45) is 4.74 Å². The summed E-state index contributed by atoms with van der Waals surface area (Å²) < 4.78 is 108. The molecule has 554 valence electrons. The van der Waals surface area contributed by atoms with Crippen molar-refractivity contribution in [3.63, 3.8) is 0 Å². The zero-order valence-electron chi connectivity index (χ0n) is 60.4. The van der Waals surface area contributed by atoms with Crippen LogP contribution in [0.2, 0.25) is 0 Å². The second kappa shape index (κ2) is 39.3. The lowest BCUT2D eigenvalue weighted by molar-refractivity contribution is -0.390. The molecule has 15 atom stereocenters. The molecule has 3 aliphatic rings. The Hall–Kier alpha value is -8.88. The molecular formula is C90H94NO15P. The molecule has 0 spiro atoms. The molecule has 3 saturated heterocycles. The molecule has 0 radical (unpaired) electrons. The van der Waals surface area contributed by atoms with Gasteiger partial charge in [-0.05, 0) is 45.9 Å². The summed E-state index contributed by atoms with van der Waals surface area (Å²) >= 11 is 0. The van der Waals surface area contributed by atoms with Gasteiger partial charge in [-0.15, -0.1) is 6.58 Å². The lowest BCUT2D eigenvalue weighted by Crippen LogP contribution is -2.67. The van der Waals surface area contributed by atoms with Crippen LogP contribution in [0.15, 0.2) is 321 Å². The van der Waals surface area contributed by atoms with Gasteiger partial charge in [-0.25, -0.2) is 0 Å². The van der Waals surface area contributed by atoms with Gasteiger partial charge in [0.25, 0.3) is 0 Å². The topological polar surface area (TPSA) is 159 Å². The van der Waals surface area contributed by atoms with Crippen LogP contribution in [0.3, 0.4) is 0 Å². The summed E-state index contributed by atoms with van der Waals surface area (Å²) in [6.07, 6.45) is -13.1. The lowest BCUT2D eigenvalue weighted by Gasteiger charge is -2.51. The molecule has 0 saturated carbocycles. The number of ether oxygens (including phenoxy) is 14. The predicted molar refractivity (Wildman–Crippen MR) is 412 cm³/mol. The number of esters is 1. The van der Waals surface area contributed by atoms with Gasteiger partial charge in [-0.3, -0.25) is 9.54 Å². The van der Waals surface area contributed by atoms with E-state index in [0.29, 0.717) is 0 Å². The Labute approximate surface area is 628 Å². The van der Waals surface area contributed by atoms with E-state index in [0.717, 1.165) is 54.9 Å². The van der Waals surface area contributed by atoms with E-state index < -0.39 is 105 Å². The first kappa shape index (κ1) is 76.3. The van der Waals surface area contributed by atoms with Crippen LogP contribution in [0.5, 0.6) is 0 Å². The third-order valence-electron chi connectivity index (χ3n) is 19.1. The minimum atomic E-state index is -3.26. The van der Waals surface area contributed by atoms with Crippen molar-refractivity contribution in [3.05, 3.63) is 355 Å². The van der Waals surface area contributed by atoms with E-state index in [4.69, 9.17) is 71.1 Å². The second-order valence-corrected chi connectivity index (χ2v) is 29.8. The van der Waals surface area contributed by atoms with Gasteiger partial charge in [-0.2, -0.15) is 0 Å². The first-order valence-electron chi connectivity index (χ1n) is 36.7. The number of carbonyl (C=O) groups is 1. The molecule has 0 aliphatic carbocycles. The normalized spacial score (nSPS) is 24.4. The highest BCUT2D eigenvalue weighted by Gasteiger charge is 2.58. The van der Waals surface area contributed by atoms with Crippen LogP contribution in [0.25, 0.3) is 0 Å². The van der Waals surface area contributed by atoms with E-state index in [-0.39, 0.29) is 66.1 Å². The number of benzene rings is 10. The fourth-order valence-electron chi connectivity index (χ4n) is 13.9. The largest absolute Gasteiger partial charge is 0.457 e.